The number of carbonyl (C=O) groups is 1. The summed E-state index contributed by atoms with van der Waals surface area (Å²) in [6, 6.07) is 7.06. The van der Waals surface area contributed by atoms with E-state index >= 15 is 0 Å². The van der Waals surface area contributed by atoms with Crippen LogP contribution in [0, 0.1) is 6.92 Å². The summed E-state index contributed by atoms with van der Waals surface area (Å²) in [5, 5.41) is 6.93. The summed E-state index contributed by atoms with van der Waals surface area (Å²) in [6.45, 7) is 4.01. The first-order valence-corrected chi connectivity index (χ1v) is 5.37. The molecular formula is C12H13N3O2. The first-order valence-electron chi connectivity index (χ1n) is 5.37. The van der Waals surface area contributed by atoms with Crippen LogP contribution >= 0.6 is 0 Å². The Hall–Kier alpha value is -2.17. The van der Waals surface area contributed by atoms with Crippen molar-refractivity contribution in [1.82, 2.24) is 15.2 Å². The van der Waals surface area contributed by atoms with Crippen molar-refractivity contribution in [3.05, 3.63) is 35.7 Å². The summed E-state index contributed by atoms with van der Waals surface area (Å²) >= 11 is 0. The first-order chi connectivity index (χ1) is 8.20. The number of aromatic amines is 1. The van der Waals surface area contributed by atoms with Crippen LogP contribution in [0.2, 0.25) is 0 Å². The van der Waals surface area contributed by atoms with Crippen LogP contribution in [0.25, 0.3) is 11.4 Å². The number of aryl methyl sites for hydroxylation is 1. The average Bonchev–Trinajstić information content (AvgIpc) is 2.76. The quantitative estimate of drug-likeness (QED) is 0.820. The lowest BCUT2D eigenvalue weighted by Crippen LogP contribution is -2.07. The second-order valence-corrected chi connectivity index (χ2v) is 3.56. The Kier molecular flexibility index (Phi) is 3.18. The lowest BCUT2D eigenvalue weighted by molar-refractivity contribution is 0.0519. The van der Waals surface area contributed by atoms with Gasteiger partial charge < -0.3 is 4.74 Å². The van der Waals surface area contributed by atoms with Gasteiger partial charge in [-0.3, -0.25) is 5.10 Å². The zero-order chi connectivity index (χ0) is 12.3. The van der Waals surface area contributed by atoms with E-state index in [2.05, 4.69) is 15.2 Å². The van der Waals surface area contributed by atoms with Crippen molar-refractivity contribution < 1.29 is 9.53 Å². The minimum atomic E-state index is -0.415. The summed E-state index contributed by atoms with van der Waals surface area (Å²) in [5.41, 5.74) is 2.61. The number of esters is 1. The summed E-state index contributed by atoms with van der Waals surface area (Å²) < 4.78 is 4.89. The first kappa shape index (κ1) is 11.3. The fraction of sp³-hybridized carbons (Fsp3) is 0.250. The molecule has 0 atom stereocenters. The second-order valence-electron chi connectivity index (χ2n) is 3.56. The maximum absolute atomic E-state index is 11.5. The van der Waals surface area contributed by atoms with E-state index in [0.717, 1.165) is 5.69 Å². The van der Waals surface area contributed by atoms with Crippen LogP contribution in [0.3, 0.4) is 0 Å². The lowest BCUT2D eigenvalue weighted by Gasteiger charge is -2.02. The smallest absolute Gasteiger partial charge is 0.356 e. The zero-order valence-corrected chi connectivity index (χ0v) is 9.73. The van der Waals surface area contributed by atoms with E-state index in [9.17, 15) is 4.79 Å². The van der Waals surface area contributed by atoms with Gasteiger partial charge in [0.15, 0.2) is 0 Å². The van der Waals surface area contributed by atoms with Gasteiger partial charge in [-0.2, -0.15) is 5.10 Å². The Bertz CT molecular complexity index is 534. The van der Waals surface area contributed by atoms with Crippen molar-refractivity contribution in [2.24, 2.45) is 0 Å². The Morgan fingerprint density at radius 2 is 2.24 bits per heavy atom. The van der Waals surface area contributed by atoms with Crippen molar-refractivity contribution in [2.75, 3.05) is 6.61 Å². The van der Waals surface area contributed by atoms with Crippen LogP contribution in [-0.4, -0.2) is 27.8 Å². The normalized spacial score (nSPS) is 10.2. The van der Waals surface area contributed by atoms with Gasteiger partial charge in [-0.1, -0.05) is 6.07 Å². The molecule has 2 rings (SSSR count). The number of aromatic nitrogens is 3. The highest BCUT2D eigenvalue weighted by Crippen LogP contribution is 2.15. The van der Waals surface area contributed by atoms with Crippen LogP contribution in [-0.2, 0) is 4.74 Å². The molecule has 5 nitrogen and oxygen atoms in total. The number of pyridine rings is 1. The maximum Gasteiger partial charge on any atom is 0.356 e. The molecule has 0 aliphatic carbocycles. The molecule has 0 saturated carbocycles. The van der Waals surface area contributed by atoms with Gasteiger partial charge in [0.1, 0.15) is 11.4 Å². The predicted octanol–water partition coefficient (Wildman–Crippen LogP) is 1.96. The number of hydrogen-bond acceptors (Lipinski definition) is 4. The van der Waals surface area contributed by atoms with E-state index in [-0.39, 0.29) is 0 Å². The average molecular weight is 231 g/mol. The fourth-order valence-corrected chi connectivity index (χ4v) is 1.45. The number of H-pyrrole nitrogens is 1. The highest BCUT2D eigenvalue weighted by atomic mass is 16.5. The zero-order valence-electron chi connectivity index (χ0n) is 9.73. The molecule has 0 aliphatic rings. The van der Waals surface area contributed by atoms with E-state index in [1.54, 1.807) is 25.1 Å². The Morgan fingerprint density at radius 1 is 1.41 bits per heavy atom. The fourth-order valence-electron chi connectivity index (χ4n) is 1.45. The minimum Gasteiger partial charge on any atom is -0.461 e. The molecule has 0 unspecified atom stereocenters. The Labute approximate surface area is 98.8 Å². The molecule has 0 spiro atoms. The van der Waals surface area contributed by atoms with Crippen molar-refractivity contribution in [3.8, 4) is 11.4 Å². The summed E-state index contributed by atoms with van der Waals surface area (Å²) in [6.07, 6.45) is 0. The van der Waals surface area contributed by atoms with Crippen LogP contribution in [0.4, 0.5) is 0 Å². The number of ether oxygens (including phenoxy) is 1. The van der Waals surface area contributed by atoms with E-state index in [0.29, 0.717) is 23.7 Å². The number of nitrogens with zero attached hydrogens (tertiary/aromatic N) is 2. The van der Waals surface area contributed by atoms with Gasteiger partial charge in [-0.05, 0) is 32.0 Å². The predicted molar refractivity (Wildman–Crippen MR) is 62.5 cm³/mol. The van der Waals surface area contributed by atoms with Crippen molar-refractivity contribution >= 4 is 5.97 Å². The van der Waals surface area contributed by atoms with Gasteiger partial charge in [0.05, 0.1) is 12.3 Å². The molecule has 17 heavy (non-hydrogen) atoms. The molecule has 2 heterocycles. The van der Waals surface area contributed by atoms with Gasteiger partial charge in [0.25, 0.3) is 0 Å². The topological polar surface area (TPSA) is 67.9 Å². The minimum absolute atomic E-state index is 0.296. The largest absolute Gasteiger partial charge is 0.461 e. The second kappa shape index (κ2) is 4.78. The van der Waals surface area contributed by atoms with E-state index in [1.807, 2.05) is 13.0 Å². The Morgan fingerprint density at radius 3 is 2.88 bits per heavy atom. The molecule has 0 saturated heterocycles. The van der Waals surface area contributed by atoms with Crippen molar-refractivity contribution in [2.45, 2.75) is 13.8 Å². The summed E-state index contributed by atoms with van der Waals surface area (Å²) in [7, 11) is 0. The lowest BCUT2D eigenvalue weighted by atomic mass is 10.2. The van der Waals surface area contributed by atoms with Crippen LogP contribution in [0.5, 0.6) is 0 Å². The van der Waals surface area contributed by atoms with Gasteiger partial charge in [0.2, 0.25) is 0 Å². The van der Waals surface area contributed by atoms with E-state index < -0.39 is 5.97 Å². The van der Waals surface area contributed by atoms with Gasteiger partial charge in [-0.15, -0.1) is 0 Å². The molecule has 1 N–H and O–H groups in total. The molecule has 2 aromatic rings. The van der Waals surface area contributed by atoms with E-state index in [4.69, 9.17) is 4.74 Å². The third-order valence-electron chi connectivity index (χ3n) is 2.20. The molecule has 88 valence electrons. The molecule has 0 bridgehead atoms. The van der Waals surface area contributed by atoms with E-state index in [1.165, 1.54) is 0 Å². The Balaban J connectivity index is 2.31. The van der Waals surface area contributed by atoms with Crippen molar-refractivity contribution in [1.29, 1.82) is 0 Å². The molecule has 0 amide bonds. The molecule has 0 aliphatic heterocycles. The molecule has 0 fully saturated rings. The highest BCUT2D eigenvalue weighted by molar-refractivity contribution is 5.87. The van der Waals surface area contributed by atoms with Crippen LogP contribution in [0.1, 0.15) is 23.1 Å². The number of carbonyl (C=O) groups excluding carboxylic acids is 1. The van der Waals surface area contributed by atoms with Gasteiger partial charge in [0, 0.05) is 5.69 Å². The number of rotatable bonds is 3. The number of nitrogens with one attached hydrogen (secondary N) is 1. The number of hydrogen-bond donors (Lipinski definition) is 1. The third kappa shape index (κ3) is 2.50. The monoisotopic (exact) mass is 231 g/mol. The molecule has 0 radical (unpaired) electrons. The third-order valence-corrected chi connectivity index (χ3v) is 2.20. The molecule has 0 aromatic carbocycles. The SMILES string of the molecule is CCOC(=O)c1cccc(-c2cc(C)[nH]n2)n1. The standard InChI is InChI=1S/C12H13N3O2/c1-3-17-12(16)10-6-4-5-9(13-10)11-7-8(2)14-15-11/h4-7H,3H2,1-2H3,(H,14,15). The molecular weight excluding hydrogens is 218 g/mol. The van der Waals surface area contributed by atoms with Crippen LogP contribution < -0.4 is 0 Å². The summed E-state index contributed by atoms with van der Waals surface area (Å²) in [5.74, 6) is -0.415. The summed E-state index contributed by atoms with van der Waals surface area (Å²) in [4.78, 5) is 15.7. The highest BCUT2D eigenvalue weighted by Gasteiger charge is 2.10. The maximum atomic E-state index is 11.5. The van der Waals surface area contributed by atoms with Gasteiger partial charge >= 0.3 is 5.97 Å². The van der Waals surface area contributed by atoms with Gasteiger partial charge in [-0.25, -0.2) is 9.78 Å². The van der Waals surface area contributed by atoms with Crippen molar-refractivity contribution in [3.63, 3.8) is 0 Å². The van der Waals surface area contributed by atoms with Crippen LogP contribution in [0.15, 0.2) is 24.3 Å². The molecule has 5 heteroatoms. The molecule has 2 aromatic heterocycles.